The minimum Gasteiger partial charge on any atom is -0.375 e. The summed E-state index contributed by atoms with van der Waals surface area (Å²) in [6.07, 6.45) is 4.29. The lowest BCUT2D eigenvalue weighted by molar-refractivity contribution is -0.0588. The normalized spacial score (nSPS) is 25.9. The predicted molar refractivity (Wildman–Crippen MR) is 80.2 cm³/mol. The van der Waals surface area contributed by atoms with Crippen LogP contribution in [0.4, 0.5) is 0 Å². The first-order valence-corrected chi connectivity index (χ1v) is 7.50. The summed E-state index contributed by atoms with van der Waals surface area (Å²) in [5.74, 6) is 5.95. The molecule has 1 aliphatic heterocycles. The van der Waals surface area contributed by atoms with Crippen LogP contribution in [0.1, 0.15) is 30.4 Å². The second-order valence-corrected chi connectivity index (χ2v) is 5.58. The average Bonchev–Trinajstić information content (AvgIpc) is 2.96. The van der Waals surface area contributed by atoms with Gasteiger partial charge in [-0.1, -0.05) is 24.0 Å². The molecule has 0 amide bonds. The largest absolute Gasteiger partial charge is 0.375 e. The van der Waals surface area contributed by atoms with Gasteiger partial charge in [-0.05, 0) is 37.0 Å². The highest BCUT2D eigenvalue weighted by molar-refractivity contribution is 5.36. The third-order valence-corrected chi connectivity index (χ3v) is 4.27. The molecule has 3 rings (SSSR count). The lowest BCUT2D eigenvalue weighted by Crippen LogP contribution is -2.47. The van der Waals surface area contributed by atoms with Crippen LogP contribution in [-0.4, -0.2) is 36.7 Å². The van der Waals surface area contributed by atoms with E-state index in [2.05, 4.69) is 41.0 Å². The fourth-order valence-electron chi connectivity index (χ4n) is 3.28. The van der Waals surface area contributed by atoms with E-state index in [0.717, 1.165) is 25.3 Å². The molecule has 2 unspecified atom stereocenters. The van der Waals surface area contributed by atoms with Crippen molar-refractivity contribution in [3.8, 4) is 11.8 Å². The number of fused-ring (bicyclic) bond motifs is 1. The van der Waals surface area contributed by atoms with Gasteiger partial charge in [0.05, 0.1) is 19.3 Å². The molecular weight excluding hydrogens is 248 g/mol. The topological polar surface area (TPSA) is 38.5 Å². The summed E-state index contributed by atoms with van der Waals surface area (Å²) in [6.45, 7) is 3.37. The zero-order valence-corrected chi connectivity index (χ0v) is 11.8. The summed E-state index contributed by atoms with van der Waals surface area (Å²) in [7, 11) is 0. The van der Waals surface area contributed by atoms with Gasteiger partial charge in [0, 0.05) is 24.7 Å². The van der Waals surface area contributed by atoms with E-state index in [9.17, 15) is 0 Å². The van der Waals surface area contributed by atoms with Crippen LogP contribution in [-0.2, 0) is 11.3 Å². The molecule has 2 fully saturated rings. The second-order valence-electron chi connectivity index (χ2n) is 5.58. The Kier molecular flexibility index (Phi) is 4.37. The Balaban J connectivity index is 1.65. The number of benzene rings is 1. The van der Waals surface area contributed by atoms with Crippen molar-refractivity contribution in [2.75, 3.05) is 19.7 Å². The Labute approximate surface area is 121 Å². The Morgan fingerprint density at radius 3 is 2.90 bits per heavy atom. The van der Waals surface area contributed by atoms with Crippen LogP contribution in [0.15, 0.2) is 24.3 Å². The Morgan fingerprint density at radius 1 is 1.25 bits per heavy atom. The summed E-state index contributed by atoms with van der Waals surface area (Å²) in [6, 6.07) is 9.16. The minimum absolute atomic E-state index is 0.415. The van der Waals surface area contributed by atoms with Gasteiger partial charge >= 0.3 is 0 Å². The number of morpholine rings is 1. The first-order chi connectivity index (χ1) is 9.86. The van der Waals surface area contributed by atoms with Crippen molar-refractivity contribution >= 4 is 0 Å². The maximum absolute atomic E-state index is 5.86. The van der Waals surface area contributed by atoms with Crippen LogP contribution < -0.4 is 5.73 Å². The second kappa shape index (κ2) is 6.41. The van der Waals surface area contributed by atoms with E-state index in [-0.39, 0.29) is 0 Å². The van der Waals surface area contributed by atoms with Gasteiger partial charge in [0.1, 0.15) is 0 Å². The number of hydrogen-bond donors (Lipinski definition) is 1. The summed E-state index contributed by atoms with van der Waals surface area (Å²) in [5, 5.41) is 0. The summed E-state index contributed by atoms with van der Waals surface area (Å²) >= 11 is 0. The van der Waals surface area contributed by atoms with E-state index >= 15 is 0 Å². The Hall–Kier alpha value is -1.34. The molecule has 0 bridgehead atoms. The number of rotatable bonds is 2. The molecule has 0 aromatic heterocycles. The summed E-state index contributed by atoms with van der Waals surface area (Å²) < 4.78 is 5.86. The molecule has 20 heavy (non-hydrogen) atoms. The first kappa shape index (κ1) is 13.6. The van der Waals surface area contributed by atoms with Gasteiger partial charge in [-0.2, -0.15) is 0 Å². The van der Waals surface area contributed by atoms with E-state index in [1.165, 1.54) is 24.8 Å². The molecule has 106 valence electrons. The van der Waals surface area contributed by atoms with E-state index in [1.54, 1.807) is 0 Å². The standard InChI is InChI=1S/C17H22N2O/c18-10-2-3-14-6-8-15(9-7-14)13-19-11-12-20-17-5-1-4-16(17)19/h6-9,16-17H,1,4-5,10-13,18H2. The monoisotopic (exact) mass is 270 g/mol. The fraction of sp³-hybridized carbons (Fsp3) is 0.529. The maximum atomic E-state index is 5.86. The number of hydrogen-bond acceptors (Lipinski definition) is 3. The van der Waals surface area contributed by atoms with Crippen LogP contribution in [0.5, 0.6) is 0 Å². The van der Waals surface area contributed by atoms with E-state index in [0.29, 0.717) is 18.7 Å². The molecule has 1 aliphatic carbocycles. The van der Waals surface area contributed by atoms with Crippen LogP contribution in [0.3, 0.4) is 0 Å². The highest BCUT2D eigenvalue weighted by Crippen LogP contribution is 2.30. The molecule has 2 N–H and O–H groups in total. The molecule has 2 aliphatic rings. The van der Waals surface area contributed by atoms with Crippen molar-refractivity contribution in [2.24, 2.45) is 5.73 Å². The minimum atomic E-state index is 0.415. The lowest BCUT2D eigenvalue weighted by atomic mass is 10.1. The molecule has 1 aromatic rings. The van der Waals surface area contributed by atoms with Gasteiger partial charge in [0.15, 0.2) is 0 Å². The van der Waals surface area contributed by atoms with E-state index < -0.39 is 0 Å². The molecule has 1 saturated carbocycles. The molecule has 0 spiro atoms. The van der Waals surface area contributed by atoms with Gasteiger partial charge in [-0.15, -0.1) is 0 Å². The lowest BCUT2D eigenvalue weighted by Gasteiger charge is -2.37. The van der Waals surface area contributed by atoms with Crippen LogP contribution >= 0.6 is 0 Å². The zero-order valence-electron chi connectivity index (χ0n) is 11.8. The van der Waals surface area contributed by atoms with Crippen molar-refractivity contribution in [1.82, 2.24) is 4.90 Å². The molecule has 1 heterocycles. The highest BCUT2D eigenvalue weighted by Gasteiger charge is 2.35. The molecular formula is C17H22N2O. The Morgan fingerprint density at radius 2 is 2.10 bits per heavy atom. The van der Waals surface area contributed by atoms with Gasteiger partial charge in [-0.25, -0.2) is 0 Å². The molecule has 3 nitrogen and oxygen atoms in total. The highest BCUT2D eigenvalue weighted by atomic mass is 16.5. The maximum Gasteiger partial charge on any atom is 0.0731 e. The van der Waals surface area contributed by atoms with Crippen molar-refractivity contribution in [3.63, 3.8) is 0 Å². The quantitative estimate of drug-likeness (QED) is 0.832. The SMILES string of the molecule is NCC#Cc1ccc(CN2CCOC3CCCC32)cc1. The third-order valence-electron chi connectivity index (χ3n) is 4.27. The van der Waals surface area contributed by atoms with Crippen molar-refractivity contribution < 1.29 is 4.74 Å². The fourth-order valence-corrected chi connectivity index (χ4v) is 3.28. The summed E-state index contributed by atoms with van der Waals surface area (Å²) in [4.78, 5) is 2.59. The number of nitrogens with zero attached hydrogens (tertiary/aromatic N) is 1. The van der Waals surface area contributed by atoms with Crippen molar-refractivity contribution in [2.45, 2.75) is 38.0 Å². The van der Waals surface area contributed by atoms with Gasteiger partial charge in [-0.3, -0.25) is 4.90 Å². The van der Waals surface area contributed by atoms with Gasteiger partial charge in [0.2, 0.25) is 0 Å². The van der Waals surface area contributed by atoms with E-state index in [1.807, 2.05) is 0 Å². The van der Waals surface area contributed by atoms with Crippen LogP contribution in [0, 0.1) is 11.8 Å². The van der Waals surface area contributed by atoms with Gasteiger partial charge < -0.3 is 10.5 Å². The third kappa shape index (κ3) is 3.04. The van der Waals surface area contributed by atoms with Crippen LogP contribution in [0.2, 0.25) is 0 Å². The molecule has 0 radical (unpaired) electrons. The summed E-state index contributed by atoms with van der Waals surface area (Å²) in [5.41, 5.74) is 7.79. The zero-order chi connectivity index (χ0) is 13.8. The predicted octanol–water partition coefficient (Wildman–Crippen LogP) is 1.75. The molecule has 1 saturated heterocycles. The number of ether oxygens (including phenoxy) is 1. The molecule has 3 heteroatoms. The van der Waals surface area contributed by atoms with Crippen molar-refractivity contribution in [3.05, 3.63) is 35.4 Å². The van der Waals surface area contributed by atoms with Crippen LogP contribution in [0.25, 0.3) is 0 Å². The smallest absolute Gasteiger partial charge is 0.0731 e. The first-order valence-electron chi connectivity index (χ1n) is 7.50. The van der Waals surface area contributed by atoms with Crippen molar-refractivity contribution in [1.29, 1.82) is 0 Å². The van der Waals surface area contributed by atoms with Gasteiger partial charge in [0.25, 0.3) is 0 Å². The van der Waals surface area contributed by atoms with E-state index in [4.69, 9.17) is 10.5 Å². The number of nitrogens with two attached hydrogens (primary N) is 1. The molecule has 2 atom stereocenters. The average molecular weight is 270 g/mol. The molecule has 1 aromatic carbocycles. The Bertz CT molecular complexity index is 500.